The molecule has 2 rings (SSSR count). The van der Waals surface area contributed by atoms with Gasteiger partial charge >= 0.3 is 17.9 Å². The summed E-state index contributed by atoms with van der Waals surface area (Å²) in [4.78, 5) is 40.3. The summed E-state index contributed by atoms with van der Waals surface area (Å²) in [6.45, 7) is 12.5. The summed E-state index contributed by atoms with van der Waals surface area (Å²) in [5.74, 6) is 0.614. The minimum absolute atomic E-state index is 0.0528. The van der Waals surface area contributed by atoms with Crippen LogP contribution in [0, 0.1) is 17.8 Å². The van der Waals surface area contributed by atoms with Gasteiger partial charge in [0.05, 0.1) is 6.61 Å². The fourth-order valence-electron chi connectivity index (χ4n) is 11.2. The van der Waals surface area contributed by atoms with E-state index in [1.165, 1.54) is 161 Å². The maximum Gasteiger partial charge on any atom is 0.308 e. The van der Waals surface area contributed by atoms with Gasteiger partial charge in [-0.15, -0.1) is 0 Å². The van der Waals surface area contributed by atoms with Crippen LogP contribution in [0.4, 0.5) is 0 Å². The Kier molecular flexibility index (Phi) is 44.8. The summed E-state index contributed by atoms with van der Waals surface area (Å²) in [7, 11) is 0. The Bertz CT molecular complexity index is 1470. The first-order valence-electron chi connectivity index (χ1n) is 33.5. The highest BCUT2D eigenvalue weighted by molar-refractivity contribution is 5.71. The summed E-state index contributed by atoms with van der Waals surface area (Å²) < 4.78 is 35.5. The standard InChI is InChI=1S/C66H124O14/c1-51(2)43-37-31-25-19-13-7-10-16-22-28-34-40-46-56(68)75-50-55-63(80-65-61(73)60(72)59(71)54(49-67)76-65)62(74)64(78-57(69)47-41-35-29-23-17-11-8-14-20-26-32-38-44-52(3)4)66(77-55)79-58(70)48-42-36-30-24-18-12-9-15-21-27-33-39-45-53(5)6/h51-55,59-67,71-74H,7-50H2,1-6H3/t54-,55-,59-,60+,61-,62+,63-,64-,65-,66-/m1/s1. The molecular formula is C66H124O14. The molecule has 472 valence electrons. The van der Waals surface area contributed by atoms with Gasteiger partial charge in [-0.3, -0.25) is 14.4 Å². The Morgan fingerprint density at radius 1 is 0.350 bits per heavy atom. The van der Waals surface area contributed by atoms with Gasteiger partial charge in [-0.2, -0.15) is 0 Å². The van der Waals surface area contributed by atoms with E-state index in [2.05, 4.69) is 41.5 Å². The SMILES string of the molecule is CC(C)CCCCCCCCCCCCCCC(=O)OC[C@H]1O[C@H](OC(=O)CCCCCCCCCCCCCCC(C)C)[C@H](OC(=O)CCCCCCCCCCCCCCC(C)C)[C@@H](O)[C@@H]1O[C@H]1O[C@H](CO)[C@@H](O)[C@H](O)[C@H]1O. The van der Waals surface area contributed by atoms with Crippen LogP contribution >= 0.6 is 0 Å². The lowest BCUT2D eigenvalue weighted by atomic mass is 9.96. The molecule has 5 N–H and O–H groups in total. The van der Waals surface area contributed by atoms with Crippen molar-refractivity contribution in [1.82, 2.24) is 0 Å². The molecule has 0 bridgehead atoms. The molecule has 0 aromatic rings. The third-order valence-corrected chi connectivity index (χ3v) is 16.4. The Morgan fingerprint density at radius 3 is 1.01 bits per heavy atom. The minimum Gasteiger partial charge on any atom is -0.463 e. The van der Waals surface area contributed by atoms with E-state index < -0.39 is 92.5 Å². The summed E-state index contributed by atoms with van der Waals surface area (Å²) in [6.07, 6.45) is 29.3. The van der Waals surface area contributed by atoms with Crippen molar-refractivity contribution >= 4 is 17.9 Å². The van der Waals surface area contributed by atoms with E-state index in [0.717, 1.165) is 88.4 Å². The van der Waals surface area contributed by atoms with Crippen molar-refractivity contribution in [3.8, 4) is 0 Å². The van der Waals surface area contributed by atoms with Gasteiger partial charge in [0, 0.05) is 19.3 Å². The van der Waals surface area contributed by atoms with Crippen molar-refractivity contribution in [3.05, 3.63) is 0 Å². The van der Waals surface area contributed by atoms with Crippen LogP contribution in [0.2, 0.25) is 0 Å². The topological polar surface area (TPSA) is 208 Å². The van der Waals surface area contributed by atoms with Crippen molar-refractivity contribution in [3.63, 3.8) is 0 Å². The molecule has 0 aliphatic carbocycles. The maximum atomic E-state index is 13.5. The predicted molar refractivity (Wildman–Crippen MR) is 319 cm³/mol. The Labute approximate surface area is 488 Å². The Morgan fingerprint density at radius 2 is 0.662 bits per heavy atom. The predicted octanol–water partition coefficient (Wildman–Crippen LogP) is 14.6. The van der Waals surface area contributed by atoms with Gasteiger partial charge < -0.3 is 54.0 Å². The molecule has 14 nitrogen and oxygen atoms in total. The van der Waals surface area contributed by atoms with Crippen LogP contribution in [0.1, 0.15) is 311 Å². The number of carbonyl (C=O) groups is 3. The van der Waals surface area contributed by atoms with E-state index in [4.69, 9.17) is 28.4 Å². The van der Waals surface area contributed by atoms with Crippen LogP contribution < -0.4 is 0 Å². The lowest BCUT2D eigenvalue weighted by molar-refractivity contribution is -0.356. The minimum atomic E-state index is -1.83. The number of aliphatic hydroxyl groups excluding tert-OH is 5. The number of esters is 3. The van der Waals surface area contributed by atoms with Crippen LogP contribution in [0.3, 0.4) is 0 Å². The molecule has 2 aliphatic heterocycles. The zero-order valence-electron chi connectivity index (χ0n) is 52.0. The largest absolute Gasteiger partial charge is 0.463 e. The molecule has 0 spiro atoms. The highest BCUT2D eigenvalue weighted by Gasteiger charge is 2.53. The van der Waals surface area contributed by atoms with Crippen LogP contribution in [-0.4, -0.2) is 118 Å². The van der Waals surface area contributed by atoms with Crippen LogP contribution in [-0.2, 0) is 42.8 Å². The third kappa shape index (κ3) is 36.7. The number of carbonyl (C=O) groups excluding carboxylic acids is 3. The van der Waals surface area contributed by atoms with Gasteiger partial charge in [-0.25, -0.2) is 0 Å². The number of hydrogen-bond acceptors (Lipinski definition) is 14. The Balaban J connectivity index is 2.02. The molecule has 0 radical (unpaired) electrons. The second-order valence-corrected chi connectivity index (χ2v) is 25.5. The smallest absolute Gasteiger partial charge is 0.308 e. The molecule has 0 amide bonds. The van der Waals surface area contributed by atoms with E-state index in [1.54, 1.807) is 0 Å². The summed E-state index contributed by atoms with van der Waals surface area (Å²) >= 11 is 0. The van der Waals surface area contributed by atoms with Crippen molar-refractivity contribution < 1.29 is 68.3 Å². The average molecular weight is 1140 g/mol. The van der Waals surface area contributed by atoms with E-state index in [9.17, 15) is 39.9 Å². The second-order valence-electron chi connectivity index (χ2n) is 25.5. The average Bonchev–Trinajstić information content (AvgIpc) is 3.48. The van der Waals surface area contributed by atoms with Gasteiger partial charge in [0.15, 0.2) is 12.4 Å². The first-order chi connectivity index (χ1) is 38.6. The summed E-state index contributed by atoms with van der Waals surface area (Å²) in [5.41, 5.74) is 0. The summed E-state index contributed by atoms with van der Waals surface area (Å²) in [5, 5.41) is 54.1. The summed E-state index contributed by atoms with van der Waals surface area (Å²) in [6, 6.07) is 0. The highest BCUT2D eigenvalue weighted by atomic mass is 16.8. The molecule has 2 heterocycles. The van der Waals surface area contributed by atoms with Gasteiger partial charge in [0.2, 0.25) is 6.29 Å². The number of ether oxygens (including phenoxy) is 6. The van der Waals surface area contributed by atoms with Crippen molar-refractivity contribution in [2.75, 3.05) is 13.2 Å². The molecule has 0 aromatic heterocycles. The molecule has 2 saturated heterocycles. The molecular weight excluding hydrogens is 1020 g/mol. The highest BCUT2D eigenvalue weighted by Crippen LogP contribution is 2.32. The van der Waals surface area contributed by atoms with E-state index >= 15 is 0 Å². The molecule has 10 atom stereocenters. The van der Waals surface area contributed by atoms with Crippen molar-refractivity contribution in [1.29, 1.82) is 0 Å². The second kappa shape index (κ2) is 48.3. The van der Waals surface area contributed by atoms with E-state index in [0.29, 0.717) is 19.3 Å². The van der Waals surface area contributed by atoms with Gasteiger partial charge in [-0.1, -0.05) is 273 Å². The van der Waals surface area contributed by atoms with Gasteiger partial charge in [-0.05, 0) is 37.0 Å². The fraction of sp³-hybridized carbons (Fsp3) is 0.955. The number of unbranched alkanes of at least 4 members (excludes halogenated alkanes) is 33. The van der Waals surface area contributed by atoms with E-state index in [1.807, 2.05) is 0 Å². The normalized spacial score (nSPS) is 23.3. The zero-order chi connectivity index (χ0) is 58.6. The number of aliphatic hydroxyl groups is 5. The molecule has 0 saturated carbocycles. The fourth-order valence-corrected chi connectivity index (χ4v) is 11.2. The van der Waals surface area contributed by atoms with E-state index in [-0.39, 0.29) is 19.3 Å². The van der Waals surface area contributed by atoms with Crippen LogP contribution in [0.25, 0.3) is 0 Å². The van der Waals surface area contributed by atoms with Gasteiger partial charge in [0.1, 0.15) is 49.3 Å². The monoisotopic (exact) mass is 1140 g/mol. The first kappa shape index (κ1) is 74.2. The van der Waals surface area contributed by atoms with Gasteiger partial charge in [0.25, 0.3) is 0 Å². The molecule has 2 aliphatic rings. The van der Waals surface area contributed by atoms with Crippen molar-refractivity contribution in [2.45, 2.75) is 373 Å². The molecule has 80 heavy (non-hydrogen) atoms. The van der Waals surface area contributed by atoms with Crippen LogP contribution in [0.5, 0.6) is 0 Å². The third-order valence-electron chi connectivity index (χ3n) is 16.4. The maximum absolute atomic E-state index is 13.5. The molecule has 2 fully saturated rings. The first-order valence-corrected chi connectivity index (χ1v) is 33.5. The lowest BCUT2D eigenvalue weighted by Gasteiger charge is -2.46. The molecule has 0 unspecified atom stereocenters. The van der Waals surface area contributed by atoms with Crippen molar-refractivity contribution in [2.24, 2.45) is 17.8 Å². The number of rotatable bonds is 52. The zero-order valence-corrected chi connectivity index (χ0v) is 52.0. The Hall–Kier alpha value is -1.91. The number of hydrogen-bond donors (Lipinski definition) is 5. The molecule has 0 aromatic carbocycles. The molecule has 14 heteroatoms. The lowest BCUT2D eigenvalue weighted by Crippen LogP contribution is -2.65. The quantitative estimate of drug-likeness (QED) is 0.0218. The van der Waals surface area contributed by atoms with Crippen LogP contribution in [0.15, 0.2) is 0 Å².